The monoisotopic (exact) mass is 430 g/mol. The average molecular weight is 431 g/mol. The maximum Gasteiger partial charge on any atom is 0.257 e. The fraction of sp³-hybridized carbons (Fsp3) is 0.250. The second-order valence-corrected chi connectivity index (χ2v) is 7.64. The molecule has 2 aromatic carbocycles. The first-order chi connectivity index (χ1) is 15.5. The van der Waals surface area contributed by atoms with Crippen LogP contribution in [-0.4, -0.2) is 46.0 Å². The van der Waals surface area contributed by atoms with Gasteiger partial charge in [0.15, 0.2) is 5.65 Å². The fourth-order valence-electron chi connectivity index (χ4n) is 3.33. The number of amides is 1. The fourth-order valence-corrected chi connectivity index (χ4v) is 3.33. The van der Waals surface area contributed by atoms with Gasteiger partial charge in [0.1, 0.15) is 16.9 Å². The predicted molar refractivity (Wildman–Crippen MR) is 127 cm³/mol. The van der Waals surface area contributed by atoms with E-state index in [1.54, 1.807) is 6.21 Å². The number of nitrogens with one attached hydrogen (secondary N) is 1. The maximum atomic E-state index is 13.0. The molecule has 0 saturated carbocycles. The first kappa shape index (κ1) is 21.5. The molecule has 0 saturated heterocycles. The Morgan fingerprint density at radius 3 is 2.53 bits per heavy atom. The normalized spacial score (nSPS) is 11.7. The van der Waals surface area contributed by atoms with Crippen molar-refractivity contribution in [3.63, 3.8) is 0 Å². The van der Waals surface area contributed by atoms with Gasteiger partial charge in [-0.1, -0.05) is 42.5 Å². The third kappa shape index (κ3) is 4.60. The minimum atomic E-state index is -0.310. The van der Waals surface area contributed by atoms with Gasteiger partial charge in [0.2, 0.25) is 0 Å². The van der Waals surface area contributed by atoms with Crippen molar-refractivity contribution in [3.05, 3.63) is 65.7 Å². The molecule has 0 spiro atoms. The highest BCUT2D eigenvalue weighted by molar-refractivity contribution is 6.10. The number of carbonyl (C=O) groups is 1. The summed E-state index contributed by atoms with van der Waals surface area (Å²) in [5, 5.41) is 7.42. The largest absolute Gasteiger partial charge is 0.383 e. The van der Waals surface area contributed by atoms with E-state index in [2.05, 4.69) is 20.4 Å². The van der Waals surface area contributed by atoms with E-state index in [4.69, 9.17) is 10.5 Å². The average Bonchev–Trinajstić information content (AvgIpc) is 3.06. The molecular formula is C24H26N6O2. The van der Waals surface area contributed by atoms with E-state index in [1.807, 2.05) is 68.4 Å². The first-order valence-corrected chi connectivity index (χ1v) is 10.6. The number of ether oxygens (including phenoxy) is 1. The topological polar surface area (TPSA) is 107 Å². The summed E-state index contributed by atoms with van der Waals surface area (Å²) in [6.45, 7) is 4.99. The highest BCUT2D eigenvalue weighted by Crippen LogP contribution is 2.27. The van der Waals surface area contributed by atoms with Crippen molar-refractivity contribution in [2.45, 2.75) is 26.4 Å². The number of hydrogen-bond acceptors (Lipinski definition) is 6. The summed E-state index contributed by atoms with van der Waals surface area (Å²) in [5.74, 6) is -0.117. The molecule has 8 nitrogen and oxygen atoms in total. The number of nitrogens with two attached hydrogens (primary N) is 1. The number of carbonyl (C=O) groups excluding carboxylic acids is 1. The van der Waals surface area contributed by atoms with Crippen LogP contribution in [0.15, 0.2) is 59.7 Å². The second-order valence-electron chi connectivity index (χ2n) is 7.64. The number of hydrogen-bond donors (Lipinski definition) is 2. The molecule has 2 heterocycles. The summed E-state index contributed by atoms with van der Waals surface area (Å²) < 4.78 is 7.00. The number of benzene rings is 2. The van der Waals surface area contributed by atoms with Crippen LogP contribution in [0, 0.1) is 0 Å². The van der Waals surface area contributed by atoms with E-state index in [1.165, 1.54) is 4.68 Å². The lowest BCUT2D eigenvalue weighted by Crippen LogP contribution is -2.26. The second kappa shape index (κ2) is 9.57. The lowest BCUT2D eigenvalue weighted by molar-refractivity contribution is 0.0757. The van der Waals surface area contributed by atoms with E-state index < -0.39 is 0 Å². The van der Waals surface area contributed by atoms with Crippen molar-refractivity contribution < 1.29 is 9.53 Å². The van der Waals surface area contributed by atoms with Crippen LogP contribution < -0.4 is 11.1 Å². The summed E-state index contributed by atoms with van der Waals surface area (Å²) in [6, 6.07) is 17.1. The molecule has 32 heavy (non-hydrogen) atoms. The van der Waals surface area contributed by atoms with Gasteiger partial charge in [-0.05, 0) is 38.0 Å². The van der Waals surface area contributed by atoms with E-state index in [-0.39, 0.29) is 23.4 Å². The molecular weight excluding hydrogens is 404 g/mol. The zero-order valence-corrected chi connectivity index (χ0v) is 18.2. The number of nitrogens with zero attached hydrogens (tertiary/aromatic N) is 4. The van der Waals surface area contributed by atoms with Crippen molar-refractivity contribution in [1.82, 2.24) is 20.0 Å². The third-order valence-electron chi connectivity index (χ3n) is 4.88. The highest BCUT2D eigenvalue weighted by Gasteiger charge is 2.23. The van der Waals surface area contributed by atoms with Gasteiger partial charge in [-0.3, -0.25) is 4.79 Å². The molecule has 0 atom stereocenters. The Morgan fingerprint density at radius 1 is 1.12 bits per heavy atom. The van der Waals surface area contributed by atoms with E-state index in [0.29, 0.717) is 41.8 Å². The molecule has 0 aliphatic carbocycles. The molecule has 0 radical (unpaired) electrons. The van der Waals surface area contributed by atoms with Crippen LogP contribution in [0.4, 0.5) is 5.82 Å². The van der Waals surface area contributed by atoms with Gasteiger partial charge in [0.25, 0.3) is 5.91 Å². The van der Waals surface area contributed by atoms with E-state index in [0.717, 1.165) is 5.56 Å². The molecule has 4 aromatic rings. The van der Waals surface area contributed by atoms with E-state index in [9.17, 15) is 4.79 Å². The Balaban J connectivity index is 1.71. The Morgan fingerprint density at radius 2 is 1.81 bits per heavy atom. The number of para-hydroxylation sites is 2. The van der Waals surface area contributed by atoms with Gasteiger partial charge in [-0.2, -0.15) is 9.78 Å². The molecule has 3 N–H and O–H groups in total. The Hall–Kier alpha value is -3.78. The van der Waals surface area contributed by atoms with Crippen LogP contribution in [-0.2, 0) is 4.74 Å². The summed E-state index contributed by atoms with van der Waals surface area (Å²) in [4.78, 5) is 22.4. The number of aromatic nitrogens is 3. The number of rotatable bonds is 8. The zero-order valence-electron chi connectivity index (χ0n) is 18.2. The zero-order chi connectivity index (χ0) is 22.5. The predicted octanol–water partition coefficient (Wildman–Crippen LogP) is 3.59. The first-order valence-electron chi connectivity index (χ1n) is 10.6. The summed E-state index contributed by atoms with van der Waals surface area (Å²) in [6.07, 6.45) is 2.53. The molecule has 8 heteroatoms. The summed E-state index contributed by atoms with van der Waals surface area (Å²) >= 11 is 0. The van der Waals surface area contributed by atoms with Gasteiger partial charge < -0.3 is 15.8 Å². The standard InChI is InChI=1S/C24H26N6O2/c1-16(2)32-14-8-13-26-24(31)20-21-23(29-19-12-7-6-11-18(19)28-21)30(22(20)25)27-15-17-9-4-3-5-10-17/h3-7,9-12,15-16H,8,13-14,25H2,1-2H3,(H,26,31). The molecule has 1 amide bonds. The van der Waals surface area contributed by atoms with Crippen molar-refractivity contribution in [3.8, 4) is 0 Å². The van der Waals surface area contributed by atoms with Gasteiger partial charge in [-0.15, -0.1) is 0 Å². The molecule has 0 aliphatic heterocycles. The minimum absolute atomic E-state index is 0.158. The summed E-state index contributed by atoms with van der Waals surface area (Å²) in [7, 11) is 0. The molecule has 0 bridgehead atoms. The molecule has 4 rings (SSSR count). The van der Waals surface area contributed by atoms with Crippen LogP contribution in [0.1, 0.15) is 36.2 Å². The van der Waals surface area contributed by atoms with Gasteiger partial charge in [0, 0.05) is 13.2 Å². The highest BCUT2D eigenvalue weighted by atomic mass is 16.5. The lowest BCUT2D eigenvalue weighted by Gasteiger charge is -2.08. The Bertz CT molecular complexity index is 1260. The molecule has 0 fully saturated rings. The molecule has 2 aromatic heterocycles. The minimum Gasteiger partial charge on any atom is -0.383 e. The SMILES string of the molecule is CC(C)OCCCNC(=O)c1c(N)n(N=Cc2ccccc2)c2nc3ccccc3nc12. The lowest BCUT2D eigenvalue weighted by atomic mass is 10.2. The van der Waals surface area contributed by atoms with Crippen molar-refractivity contribution >= 4 is 40.1 Å². The van der Waals surface area contributed by atoms with Gasteiger partial charge >= 0.3 is 0 Å². The Kier molecular flexibility index (Phi) is 6.42. The maximum absolute atomic E-state index is 13.0. The molecule has 0 unspecified atom stereocenters. The third-order valence-corrected chi connectivity index (χ3v) is 4.88. The smallest absolute Gasteiger partial charge is 0.257 e. The summed E-state index contributed by atoms with van der Waals surface area (Å²) in [5.41, 5.74) is 9.81. The number of fused-ring (bicyclic) bond motifs is 2. The molecule has 164 valence electrons. The number of anilines is 1. The van der Waals surface area contributed by atoms with Crippen LogP contribution >= 0.6 is 0 Å². The van der Waals surface area contributed by atoms with Gasteiger partial charge in [-0.25, -0.2) is 9.97 Å². The van der Waals surface area contributed by atoms with E-state index >= 15 is 0 Å². The van der Waals surface area contributed by atoms with Crippen LogP contribution in [0.25, 0.3) is 22.2 Å². The van der Waals surface area contributed by atoms with Crippen LogP contribution in [0.5, 0.6) is 0 Å². The quantitative estimate of drug-likeness (QED) is 0.328. The Labute approximate surface area is 186 Å². The van der Waals surface area contributed by atoms with Crippen molar-refractivity contribution in [2.75, 3.05) is 18.9 Å². The van der Waals surface area contributed by atoms with Crippen LogP contribution in [0.2, 0.25) is 0 Å². The number of nitrogen functional groups attached to an aromatic ring is 1. The van der Waals surface area contributed by atoms with Gasteiger partial charge in [0.05, 0.1) is 23.4 Å². The van der Waals surface area contributed by atoms with Crippen molar-refractivity contribution in [1.29, 1.82) is 0 Å². The van der Waals surface area contributed by atoms with Crippen molar-refractivity contribution in [2.24, 2.45) is 5.10 Å². The molecule has 0 aliphatic rings. The van der Waals surface area contributed by atoms with Crippen LogP contribution in [0.3, 0.4) is 0 Å².